The summed E-state index contributed by atoms with van der Waals surface area (Å²) in [5.41, 5.74) is -3.85. The van der Waals surface area contributed by atoms with Crippen LogP contribution in [-0.2, 0) is 12.3 Å². The largest absolute Gasteiger partial charge is 0.488 e. The van der Waals surface area contributed by atoms with Gasteiger partial charge in [0.25, 0.3) is 0 Å². The van der Waals surface area contributed by atoms with Gasteiger partial charge < -0.3 is 9.84 Å². The molecule has 1 aromatic carbocycles. The van der Waals surface area contributed by atoms with E-state index in [0.29, 0.717) is 22.1 Å². The number of aliphatic hydroxyl groups is 1. The van der Waals surface area contributed by atoms with Crippen LogP contribution in [0.4, 0.5) is 13.2 Å². The Balaban J connectivity index is 2.11. The van der Waals surface area contributed by atoms with Crippen molar-refractivity contribution in [1.29, 1.82) is 0 Å². The summed E-state index contributed by atoms with van der Waals surface area (Å²) >= 11 is 6.19. The quantitative estimate of drug-likeness (QED) is 0.830. The second-order valence-electron chi connectivity index (χ2n) is 4.14. The van der Waals surface area contributed by atoms with E-state index in [0.717, 1.165) is 6.20 Å². The van der Waals surface area contributed by atoms with Crippen LogP contribution in [0.5, 0.6) is 5.75 Å². The first-order chi connectivity index (χ1) is 10.3. The number of thiazole rings is 1. The third-order valence-electron chi connectivity index (χ3n) is 2.57. The summed E-state index contributed by atoms with van der Waals surface area (Å²) in [4.78, 5) is 14.1. The number of rotatable bonds is 5. The van der Waals surface area contributed by atoms with Gasteiger partial charge in [0, 0.05) is 11.2 Å². The Morgan fingerprint density at radius 1 is 1.32 bits per heavy atom. The van der Waals surface area contributed by atoms with Gasteiger partial charge in [0.2, 0.25) is 0 Å². The SMILES string of the molecule is O=NC(O)(c1ncc(COc2ccc(Cl)cc2)s1)C(F)(F)F. The molecule has 10 heteroatoms. The molecule has 0 radical (unpaired) electrons. The van der Waals surface area contributed by atoms with E-state index in [9.17, 15) is 23.2 Å². The summed E-state index contributed by atoms with van der Waals surface area (Å²) in [5, 5.41) is 10.8. The Morgan fingerprint density at radius 3 is 2.50 bits per heavy atom. The van der Waals surface area contributed by atoms with Gasteiger partial charge in [-0.25, -0.2) is 4.98 Å². The molecule has 1 atom stereocenters. The summed E-state index contributed by atoms with van der Waals surface area (Å²) in [6.45, 7) is -0.0773. The molecular weight excluding hydrogens is 345 g/mol. The maximum absolute atomic E-state index is 12.7. The monoisotopic (exact) mass is 352 g/mol. The Hall–Kier alpha value is -1.71. The molecule has 2 rings (SSSR count). The first-order valence-electron chi connectivity index (χ1n) is 5.73. The zero-order chi connectivity index (χ0) is 16.4. The Labute approximate surface area is 131 Å². The number of nitrogens with zero attached hydrogens (tertiary/aromatic N) is 2. The highest BCUT2D eigenvalue weighted by atomic mass is 35.5. The molecule has 0 spiro atoms. The van der Waals surface area contributed by atoms with Crippen molar-refractivity contribution in [2.24, 2.45) is 5.18 Å². The summed E-state index contributed by atoms with van der Waals surface area (Å²) < 4.78 is 43.3. The van der Waals surface area contributed by atoms with Gasteiger partial charge in [-0.1, -0.05) is 11.6 Å². The van der Waals surface area contributed by atoms with E-state index in [-0.39, 0.29) is 11.5 Å². The highest BCUT2D eigenvalue weighted by Crippen LogP contribution is 2.41. The molecule has 118 valence electrons. The Bertz CT molecular complexity index is 662. The fourth-order valence-corrected chi connectivity index (χ4v) is 2.43. The van der Waals surface area contributed by atoms with Crippen molar-refractivity contribution in [2.75, 3.05) is 0 Å². The second kappa shape index (κ2) is 6.19. The average molecular weight is 353 g/mol. The van der Waals surface area contributed by atoms with Crippen LogP contribution >= 0.6 is 22.9 Å². The minimum absolute atomic E-state index is 0.0773. The maximum atomic E-state index is 12.7. The van der Waals surface area contributed by atoms with E-state index in [1.165, 1.54) is 0 Å². The fraction of sp³-hybridized carbons (Fsp3) is 0.250. The van der Waals surface area contributed by atoms with Crippen LogP contribution in [0.1, 0.15) is 9.88 Å². The molecule has 1 aromatic heterocycles. The third-order valence-corrected chi connectivity index (χ3v) is 3.89. The Morgan fingerprint density at radius 2 is 1.95 bits per heavy atom. The highest BCUT2D eigenvalue weighted by Gasteiger charge is 2.60. The molecule has 0 aliphatic carbocycles. The molecule has 0 fully saturated rings. The van der Waals surface area contributed by atoms with Crippen LogP contribution in [0.15, 0.2) is 35.6 Å². The topological polar surface area (TPSA) is 71.8 Å². The number of halogens is 4. The predicted molar refractivity (Wildman–Crippen MR) is 73.6 cm³/mol. The number of nitroso groups, excluding NO2 is 1. The van der Waals surface area contributed by atoms with Gasteiger partial charge in [-0.15, -0.1) is 16.2 Å². The van der Waals surface area contributed by atoms with Crippen molar-refractivity contribution < 1.29 is 23.0 Å². The molecule has 0 aliphatic rings. The lowest BCUT2D eigenvalue weighted by molar-refractivity contribution is -0.263. The lowest BCUT2D eigenvalue weighted by atomic mass is 10.2. The maximum Gasteiger partial charge on any atom is 0.449 e. The molecule has 1 unspecified atom stereocenters. The van der Waals surface area contributed by atoms with Gasteiger partial charge >= 0.3 is 11.9 Å². The number of hydrogen-bond acceptors (Lipinski definition) is 6. The van der Waals surface area contributed by atoms with Crippen molar-refractivity contribution in [2.45, 2.75) is 18.5 Å². The van der Waals surface area contributed by atoms with E-state index < -0.39 is 16.9 Å². The lowest BCUT2D eigenvalue weighted by Crippen LogP contribution is -2.40. The zero-order valence-corrected chi connectivity index (χ0v) is 12.2. The van der Waals surface area contributed by atoms with Crippen molar-refractivity contribution in [1.82, 2.24) is 4.98 Å². The van der Waals surface area contributed by atoms with Crippen molar-refractivity contribution >= 4 is 22.9 Å². The molecule has 2 aromatic rings. The van der Waals surface area contributed by atoms with Crippen LogP contribution in [0, 0.1) is 4.91 Å². The summed E-state index contributed by atoms with van der Waals surface area (Å²) in [5.74, 6) is 0.457. The molecular formula is C12H8ClF3N2O3S. The minimum Gasteiger partial charge on any atom is -0.488 e. The normalized spacial score (nSPS) is 14.4. The van der Waals surface area contributed by atoms with Gasteiger partial charge in [0.15, 0.2) is 5.01 Å². The standard InChI is InChI=1S/C12H8ClF3N2O3S/c13-7-1-3-8(4-2-7)21-6-9-5-17-10(22-9)11(19,18-20)12(14,15)16/h1-5,19H,6H2. The van der Waals surface area contributed by atoms with Gasteiger partial charge in [0.05, 0.1) is 4.88 Å². The van der Waals surface area contributed by atoms with Crippen molar-refractivity contribution in [3.63, 3.8) is 0 Å². The summed E-state index contributed by atoms with van der Waals surface area (Å²) in [6.07, 6.45) is -4.17. The van der Waals surface area contributed by atoms with E-state index in [4.69, 9.17) is 16.3 Å². The predicted octanol–water partition coefficient (Wildman–Crippen LogP) is 3.85. The fourth-order valence-electron chi connectivity index (χ4n) is 1.43. The van der Waals surface area contributed by atoms with E-state index in [2.05, 4.69) is 4.98 Å². The van der Waals surface area contributed by atoms with Crippen LogP contribution in [0.25, 0.3) is 0 Å². The van der Waals surface area contributed by atoms with E-state index in [1.807, 2.05) is 0 Å². The van der Waals surface area contributed by atoms with Crippen molar-refractivity contribution in [3.8, 4) is 5.75 Å². The number of benzene rings is 1. The first-order valence-corrected chi connectivity index (χ1v) is 6.93. The number of alkyl halides is 3. The van der Waals surface area contributed by atoms with E-state index >= 15 is 0 Å². The average Bonchev–Trinajstić information content (AvgIpc) is 2.94. The second-order valence-corrected chi connectivity index (χ2v) is 5.69. The van der Waals surface area contributed by atoms with E-state index in [1.54, 1.807) is 29.4 Å². The molecule has 0 saturated heterocycles. The van der Waals surface area contributed by atoms with Crippen molar-refractivity contribution in [3.05, 3.63) is 50.3 Å². The van der Waals surface area contributed by atoms with Crippen LogP contribution in [-0.4, -0.2) is 16.3 Å². The first kappa shape index (κ1) is 16.7. The number of hydrogen-bond donors (Lipinski definition) is 1. The minimum atomic E-state index is -5.25. The van der Waals surface area contributed by atoms with Crippen LogP contribution < -0.4 is 4.74 Å². The molecule has 0 bridgehead atoms. The third kappa shape index (κ3) is 3.37. The molecule has 5 nitrogen and oxygen atoms in total. The van der Waals surface area contributed by atoms with Crippen LogP contribution in [0.3, 0.4) is 0 Å². The molecule has 0 aliphatic heterocycles. The Kier molecular flexibility index (Phi) is 4.69. The molecule has 0 amide bonds. The van der Waals surface area contributed by atoms with Gasteiger partial charge in [-0.2, -0.15) is 13.2 Å². The molecule has 1 heterocycles. The van der Waals surface area contributed by atoms with Crippen LogP contribution in [0.2, 0.25) is 5.02 Å². The van der Waals surface area contributed by atoms with Gasteiger partial charge in [-0.3, -0.25) is 0 Å². The molecule has 0 saturated carbocycles. The van der Waals surface area contributed by atoms with Gasteiger partial charge in [0.1, 0.15) is 12.4 Å². The lowest BCUT2D eigenvalue weighted by Gasteiger charge is -2.19. The molecule has 1 N–H and O–H groups in total. The summed E-state index contributed by atoms with van der Waals surface area (Å²) in [6, 6.07) is 6.36. The number of aromatic nitrogens is 1. The smallest absolute Gasteiger partial charge is 0.449 e. The summed E-state index contributed by atoms with van der Waals surface area (Å²) in [7, 11) is 0. The number of ether oxygens (including phenoxy) is 1. The van der Waals surface area contributed by atoms with Gasteiger partial charge in [-0.05, 0) is 29.4 Å². The zero-order valence-electron chi connectivity index (χ0n) is 10.7. The highest BCUT2D eigenvalue weighted by molar-refractivity contribution is 7.11. The molecule has 22 heavy (non-hydrogen) atoms.